The van der Waals surface area contributed by atoms with Crippen LogP contribution in [-0.4, -0.2) is 19.4 Å². The fourth-order valence-corrected chi connectivity index (χ4v) is 3.69. The third kappa shape index (κ3) is 5.37. The van der Waals surface area contributed by atoms with E-state index in [1.807, 2.05) is 6.92 Å². The first kappa shape index (κ1) is 18.1. The first-order valence-electron chi connectivity index (χ1n) is 7.06. The Morgan fingerprint density at radius 3 is 2.43 bits per heavy atom. The summed E-state index contributed by atoms with van der Waals surface area (Å²) in [5.41, 5.74) is 6.81. The molecule has 1 rings (SSSR count). The van der Waals surface area contributed by atoms with Crippen molar-refractivity contribution in [1.82, 2.24) is 4.72 Å². The summed E-state index contributed by atoms with van der Waals surface area (Å²) in [7, 11) is -3.56. The van der Waals surface area contributed by atoms with Crippen molar-refractivity contribution in [2.24, 2.45) is 11.7 Å². The van der Waals surface area contributed by atoms with Gasteiger partial charge in [-0.2, -0.15) is 0 Å². The number of hydrogen-bond acceptors (Lipinski definition) is 3. The van der Waals surface area contributed by atoms with E-state index >= 15 is 0 Å². The van der Waals surface area contributed by atoms with E-state index in [0.717, 1.165) is 12.8 Å². The second-order valence-electron chi connectivity index (χ2n) is 5.84. The van der Waals surface area contributed by atoms with Crippen LogP contribution in [0.2, 0.25) is 0 Å². The first-order chi connectivity index (χ1) is 9.63. The zero-order chi connectivity index (χ0) is 16.2. The number of nitrogens with one attached hydrogen (secondary N) is 1. The number of sulfonamides is 1. The van der Waals surface area contributed by atoms with Gasteiger partial charge in [0.1, 0.15) is 4.99 Å². The Labute approximate surface area is 133 Å². The third-order valence-corrected chi connectivity index (χ3v) is 5.26. The summed E-state index contributed by atoms with van der Waals surface area (Å²) in [4.78, 5) is 0.434. The summed E-state index contributed by atoms with van der Waals surface area (Å²) in [5.74, 6) is 0.552. The smallest absolute Gasteiger partial charge is 0.241 e. The molecule has 0 spiro atoms. The summed E-state index contributed by atoms with van der Waals surface area (Å²) < 4.78 is 27.7. The van der Waals surface area contributed by atoms with Crippen LogP contribution in [0, 0.1) is 12.8 Å². The summed E-state index contributed by atoms with van der Waals surface area (Å²) in [6, 6.07) is 4.89. The lowest BCUT2D eigenvalue weighted by Crippen LogP contribution is -2.33. The van der Waals surface area contributed by atoms with Gasteiger partial charge in [0, 0.05) is 11.6 Å². The minimum atomic E-state index is -3.56. The van der Waals surface area contributed by atoms with Crippen LogP contribution in [0.5, 0.6) is 0 Å². The molecule has 0 heterocycles. The molecule has 0 amide bonds. The molecule has 0 saturated heterocycles. The van der Waals surface area contributed by atoms with Gasteiger partial charge in [-0.15, -0.1) is 0 Å². The van der Waals surface area contributed by atoms with Gasteiger partial charge in [-0.25, -0.2) is 13.1 Å². The van der Waals surface area contributed by atoms with Gasteiger partial charge in [-0.05, 0) is 44.2 Å². The Morgan fingerprint density at radius 1 is 1.29 bits per heavy atom. The van der Waals surface area contributed by atoms with E-state index in [0.29, 0.717) is 17.0 Å². The van der Waals surface area contributed by atoms with Gasteiger partial charge in [-0.1, -0.05) is 38.2 Å². The van der Waals surface area contributed by atoms with Crippen molar-refractivity contribution in [3.63, 3.8) is 0 Å². The molecule has 1 aromatic carbocycles. The molecule has 4 nitrogen and oxygen atoms in total. The monoisotopic (exact) mass is 328 g/mol. The Balaban J connectivity index is 2.97. The molecule has 1 unspecified atom stereocenters. The predicted molar refractivity (Wildman–Crippen MR) is 90.9 cm³/mol. The van der Waals surface area contributed by atoms with E-state index in [-0.39, 0.29) is 15.9 Å². The maximum absolute atomic E-state index is 12.5. The van der Waals surface area contributed by atoms with E-state index in [2.05, 4.69) is 18.6 Å². The largest absolute Gasteiger partial charge is 0.389 e. The second-order valence-corrected chi connectivity index (χ2v) is 7.96. The highest BCUT2D eigenvalue weighted by Gasteiger charge is 2.20. The summed E-state index contributed by atoms with van der Waals surface area (Å²) in [6.07, 6.45) is 1.79. The van der Waals surface area contributed by atoms with Crippen molar-refractivity contribution >= 4 is 27.2 Å². The van der Waals surface area contributed by atoms with Crippen LogP contribution in [0.25, 0.3) is 0 Å². The molecule has 0 aliphatic carbocycles. The quantitative estimate of drug-likeness (QED) is 0.755. The summed E-state index contributed by atoms with van der Waals surface area (Å²) in [5, 5.41) is 0. The number of aryl methyl sites for hydroxylation is 1. The van der Waals surface area contributed by atoms with Crippen molar-refractivity contribution in [2.75, 3.05) is 0 Å². The number of hydrogen-bond donors (Lipinski definition) is 2. The maximum Gasteiger partial charge on any atom is 0.241 e. The van der Waals surface area contributed by atoms with Gasteiger partial charge < -0.3 is 5.73 Å². The maximum atomic E-state index is 12.5. The Bertz CT molecular complexity index is 610. The molecule has 0 radical (unpaired) electrons. The highest BCUT2D eigenvalue weighted by atomic mass is 32.2. The molecule has 0 saturated carbocycles. The van der Waals surface area contributed by atoms with Gasteiger partial charge in [0.25, 0.3) is 0 Å². The molecule has 118 valence electrons. The topological polar surface area (TPSA) is 72.2 Å². The molecule has 0 aliphatic rings. The van der Waals surface area contributed by atoms with Crippen LogP contribution in [0.3, 0.4) is 0 Å². The lowest BCUT2D eigenvalue weighted by Gasteiger charge is -2.17. The van der Waals surface area contributed by atoms with Gasteiger partial charge in [0.05, 0.1) is 4.90 Å². The molecule has 1 aromatic rings. The molecule has 0 aromatic heterocycles. The number of benzene rings is 1. The zero-order valence-corrected chi connectivity index (χ0v) is 14.6. The molecule has 21 heavy (non-hydrogen) atoms. The lowest BCUT2D eigenvalue weighted by molar-refractivity contribution is 0.485. The van der Waals surface area contributed by atoms with E-state index in [9.17, 15) is 8.42 Å². The molecule has 3 N–H and O–H groups in total. The number of rotatable bonds is 7. The Morgan fingerprint density at radius 2 is 1.90 bits per heavy atom. The van der Waals surface area contributed by atoms with Crippen LogP contribution in [0.1, 0.15) is 44.7 Å². The van der Waals surface area contributed by atoms with E-state index < -0.39 is 10.0 Å². The second kappa shape index (κ2) is 7.33. The third-order valence-electron chi connectivity index (χ3n) is 3.30. The molecule has 1 atom stereocenters. The van der Waals surface area contributed by atoms with Gasteiger partial charge in [-0.3, -0.25) is 0 Å². The van der Waals surface area contributed by atoms with Gasteiger partial charge in [0.15, 0.2) is 0 Å². The average Bonchev–Trinajstić information content (AvgIpc) is 2.35. The molecule has 0 bridgehead atoms. The van der Waals surface area contributed by atoms with Crippen molar-refractivity contribution in [1.29, 1.82) is 0 Å². The van der Waals surface area contributed by atoms with Crippen LogP contribution in [-0.2, 0) is 10.0 Å². The molecule has 0 fully saturated rings. The van der Waals surface area contributed by atoms with Gasteiger partial charge in [0.2, 0.25) is 10.0 Å². The zero-order valence-electron chi connectivity index (χ0n) is 13.0. The highest BCUT2D eigenvalue weighted by molar-refractivity contribution is 7.89. The highest BCUT2D eigenvalue weighted by Crippen LogP contribution is 2.18. The Kier molecular flexibility index (Phi) is 6.31. The molecule has 6 heteroatoms. The van der Waals surface area contributed by atoms with Gasteiger partial charge >= 0.3 is 0 Å². The van der Waals surface area contributed by atoms with Crippen LogP contribution in [0.15, 0.2) is 23.1 Å². The first-order valence-corrected chi connectivity index (χ1v) is 8.95. The lowest BCUT2D eigenvalue weighted by atomic mass is 10.1. The predicted octanol–water partition coefficient (Wildman–Crippen LogP) is 2.73. The minimum Gasteiger partial charge on any atom is -0.389 e. The molecular formula is C15H24N2O2S2. The fraction of sp³-hybridized carbons (Fsp3) is 0.533. The standard InChI is InChI=1S/C15H24N2O2S2/c1-10(2)5-7-12(4)17-21(18,19)14-9-13(15(16)20)8-6-11(14)3/h6,8-10,12,17H,5,7H2,1-4H3,(H2,16,20). The van der Waals surface area contributed by atoms with Crippen molar-refractivity contribution in [3.05, 3.63) is 29.3 Å². The SMILES string of the molecule is Cc1ccc(C(N)=S)cc1S(=O)(=O)NC(C)CCC(C)C. The Hall–Kier alpha value is -0.980. The van der Waals surface area contributed by atoms with Crippen molar-refractivity contribution in [3.8, 4) is 0 Å². The average molecular weight is 329 g/mol. The summed E-state index contributed by atoms with van der Waals surface area (Å²) >= 11 is 4.91. The summed E-state index contributed by atoms with van der Waals surface area (Å²) in [6.45, 7) is 7.89. The number of nitrogens with two attached hydrogens (primary N) is 1. The van der Waals surface area contributed by atoms with Crippen molar-refractivity contribution < 1.29 is 8.42 Å². The van der Waals surface area contributed by atoms with Crippen LogP contribution >= 0.6 is 12.2 Å². The van der Waals surface area contributed by atoms with Crippen molar-refractivity contribution in [2.45, 2.75) is 51.5 Å². The fourth-order valence-electron chi connectivity index (χ4n) is 2.01. The molecular weight excluding hydrogens is 304 g/mol. The molecule has 0 aliphatic heterocycles. The number of thiocarbonyl (C=S) groups is 1. The van der Waals surface area contributed by atoms with Crippen LogP contribution in [0.4, 0.5) is 0 Å². The van der Waals surface area contributed by atoms with E-state index in [1.165, 1.54) is 6.07 Å². The van der Waals surface area contributed by atoms with E-state index in [1.54, 1.807) is 19.1 Å². The van der Waals surface area contributed by atoms with Crippen LogP contribution < -0.4 is 10.5 Å². The minimum absolute atomic E-state index is 0.106. The van der Waals surface area contributed by atoms with E-state index in [4.69, 9.17) is 18.0 Å². The normalized spacial score (nSPS) is 13.4.